The van der Waals surface area contributed by atoms with Crippen LogP contribution in [0.15, 0.2) is 0 Å². The Morgan fingerprint density at radius 3 is 0.743 bits per heavy atom. The summed E-state index contributed by atoms with van der Waals surface area (Å²) in [7, 11) is 2.04. The molecule has 3 aromatic rings. The van der Waals surface area contributed by atoms with Crippen molar-refractivity contribution in [3.05, 3.63) is 77.9 Å². The Hall–Kier alpha value is -2.74. The van der Waals surface area contributed by atoms with E-state index >= 15 is 0 Å². The van der Waals surface area contributed by atoms with Gasteiger partial charge in [0.2, 0.25) is 0 Å². The molecule has 35 heavy (non-hydrogen) atoms. The van der Waals surface area contributed by atoms with E-state index in [-0.39, 0.29) is 0 Å². The van der Waals surface area contributed by atoms with Gasteiger partial charge in [-0.1, -0.05) is 0 Å². The predicted octanol–water partition coefficient (Wildman–Crippen LogP) is 9.52. The largest absolute Gasteiger partial charge is 0.388 e. The first kappa shape index (κ1) is 26.9. The smallest absolute Gasteiger partial charge is 0.0527 e. The molecule has 0 atom stereocenters. The molecule has 188 valence electrons. The average Bonchev–Trinajstić information content (AvgIpc) is 2.83. The highest BCUT2D eigenvalue weighted by Gasteiger charge is 2.29. The summed E-state index contributed by atoms with van der Waals surface area (Å²) in [5.41, 5.74) is 24.4. The number of benzene rings is 3. The lowest BCUT2D eigenvalue weighted by Crippen LogP contribution is -2.21. The van der Waals surface area contributed by atoms with Gasteiger partial charge in [0.15, 0.2) is 0 Å². The maximum atomic E-state index is 3.47. The summed E-state index contributed by atoms with van der Waals surface area (Å²) >= 11 is 0. The van der Waals surface area contributed by atoms with E-state index in [9.17, 15) is 0 Å². The van der Waals surface area contributed by atoms with Gasteiger partial charge in [-0.2, -0.15) is 0 Å². The Kier molecular flexibility index (Phi) is 7.19. The van der Waals surface area contributed by atoms with Crippen LogP contribution in [-0.2, 0) is 0 Å². The van der Waals surface area contributed by atoms with Crippen molar-refractivity contribution in [3.63, 3.8) is 0 Å². The summed E-state index contributed by atoms with van der Waals surface area (Å²) in [6.45, 7) is 32.0. The maximum Gasteiger partial charge on any atom is 0.0527 e. The molecule has 0 radical (unpaired) electrons. The molecule has 2 heteroatoms. The summed E-state index contributed by atoms with van der Waals surface area (Å²) in [5.74, 6) is 0. The van der Waals surface area contributed by atoms with E-state index in [1.54, 1.807) is 0 Å². The Balaban J connectivity index is 2.68. The van der Waals surface area contributed by atoms with Crippen LogP contribution in [-0.4, -0.2) is 7.05 Å². The highest BCUT2D eigenvalue weighted by atomic mass is 15.2. The van der Waals surface area contributed by atoms with Gasteiger partial charge < -0.3 is 10.2 Å². The molecular formula is C33H46N2. The van der Waals surface area contributed by atoms with Crippen LogP contribution in [0.5, 0.6) is 0 Å². The highest BCUT2D eigenvalue weighted by molar-refractivity contribution is 5.90. The van der Waals surface area contributed by atoms with Crippen LogP contribution in [0.25, 0.3) is 0 Å². The third kappa shape index (κ3) is 3.86. The van der Waals surface area contributed by atoms with E-state index in [0.29, 0.717) is 0 Å². The number of nitrogens with zero attached hydrogens (tertiary/aromatic N) is 1. The molecule has 0 amide bonds. The number of anilines is 4. The van der Waals surface area contributed by atoms with E-state index < -0.39 is 0 Å². The molecule has 0 spiro atoms. The molecule has 2 nitrogen and oxygen atoms in total. The Morgan fingerprint density at radius 1 is 0.314 bits per heavy atom. The summed E-state index contributed by atoms with van der Waals surface area (Å²) in [6, 6.07) is 0. The zero-order chi connectivity index (χ0) is 26.7. The van der Waals surface area contributed by atoms with Crippen LogP contribution in [0, 0.1) is 96.9 Å². The minimum atomic E-state index is 1.25. The molecule has 0 saturated heterocycles. The van der Waals surface area contributed by atoms with E-state index in [2.05, 4.69) is 107 Å². The van der Waals surface area contributed by atoms with Crippen molar-refractivity contribution in [2.24, 2.45) is 0 Å². The van der Waals surface area contributed by atoms with Crippen molar-refractivity contribution in [1.82, 2.24) is 0 Å². The van der Waals surface area contributed by atoms with Gasteiger partial charge in [0.25, 0.3) is 0 Å². The lowest BCUT2D eigenvalue weighted by atomic mass is 9.87. The molecule has 0 unspecified atom stereocenters. The van der Waals surface area contributed by atoms with Crippen molar-refractivity contribution in [1.29, 1.82) is 0 Å². The quantitative estimate of drug-likeness (QED) is 0.408. The fourth-order valence-corrected chi connectivity index (χ4v) is 5.97. The van der Waals surface area contributed by atoms with Gasteiger partial charge in [-0.15, -0.1) is 0 Å². The third-order valence-corrected chi connectivity index (χ3v) is 9.43. The van der Waals surface area contributed by atoms with Gasteiger partial charge in [-0.25, -0.2) is 0 Å². The highest BCUT2D eigenvalue weighted by Crippen LogP contribution is 2.50. The first-order valence-corrected chi connectivity index (χ1v) is 12.9. The van der Waals surface area contributed by atoms with E-state index in [1.165, 1.54) is 101 Å². The van der Waals surface area contributed by atoms with Gasteiger partial charge in [0, 0.05) is 12.7 Å². The monoisotopic (exact) mass is 470 g/mol. The Morgan fingerprint density at radius 2 is 0.514 bits per heavy atom. The van der Waals surface area contributed by atoms with Gasteiger partial charge in [0.1, 0.15) is 0 Å². The zero-order valence-electron chi connectivity index (χ0n) is 24.9. The molecule has 0 aliphatic heterocycles. The fraction of sp³-hybridized carbons (Fsp3) is 0.455. The number of nitrogens with one attached hydrogen (secondary N) is 1. The first-order chi connectivity index (χ1) is 16.2. The van der Waals surface area contributed by atoms with Crippen molar-refractivity contribution in [2.75, 3.05) is 17.3 Å². The molecule has 3 rings (SSSR count). The molecule has 0 aromatic heterocycles. The Labute approximate surface area is 214 Å². The summed E-state index contributed by atoms with van der Waals surface area (Å²) in [4.78, 5) is 2.62. The van der Waals surface area contributed by atoms with Crippen LogP contribution < -0.4 is 10.2 Å². The molecule has 0 aliphatic rings. The first-order valence-electron chi connectivity index (χ1n) is 12.9. The van der Waals surface area contributed by atoms with Crippen LogP contribution in [0.3, 0.4) is 0 Å². The topological polar surface area (TPSA) is 15.3 Å². The predicted molar refractivity (Wildman–Crippen MR) is 157 cm³/mol. The lowest BCUT2D eigenvalue weighted by molar-refractivity contribution is 1.07. The number of hydrogen-bond acceptors (Lipinski definition) is 2. The normalized spacial score (nSPS) is 11.3. The van der Waals surface area contributed by atoms with Gasteiger partial charge >= 0.3 is 0 Å². The minimum Gasteiger partial charge on any atom is -0.388 e. The molecule has 0 saturated carbocycles. The second kappa shape index (κ2) is 9.37. The van der Waals surface area contributed by atoms with Gasteiger partial charge in [0.05, 0.1) is 17.1 Å². The zero-order valence-corrected chi connectivity index (χ0v) is 24.9. The van der Waals surface area contributed by atoms with Crippen LogP contribution >= 0.6 is 0 Å². The molecule has 0 bridgehead atoms. The second-order valence-corrected chi connectivity index (χ2v) is 10.8. The number of hydrogen-bond donors (Lipinski definition) is 1. The summed E-state index contributed by atoms with van der Waals surface area (Å²) in [5, 5.41) is 3.47. The third-order valence-electron chi connectivity index (χ3n) is 9.43. The van der Waals surface area contributed by atoms with Gasteiger partial charge in [-0.3, -0.25) is 0 Å². The molecule has 0 fully saturated rings. The molecule has 0 heterocycles. The summed E-state index contributed by atoms with van der Waals surface area (Å²) < 4.78 is 0. The molecular weight excluding hydrogens is 424 g/mol. The SMILES string of the molecule is CNc1c(C)c(C)c(N(c2c(C)c(C)c(C)c(C)c2C)c2c(C)c(C)c(C)c(C)c2C)c(C)c1C. The van der Waals surface area contributed by atoms with Crippen molar-refractivity contribution >= 4 is 22.7 Å². The fourth-order valence-electron chi connectivity index (χ4n) is 5.97. The van der Waals surface area contributed by atoms with Crippen molar-refractivity contribution in [3.8, 4) is 0 Å². The van der Waals surface area contributed by atoms with Crippen LogP contribution in [0.2, 0.25) is 0 Å². The standard InChI is InChI=1S/C33H46N2/c1-16-18(3)24(9)31(25(10)19(16)4)35(32-26(11)20(5)17(2)21(6)27(32)12)33-28(13)22(7)30(34-15)23(8)29(33)14/h34H,1-15H3. The van der Waals surface area contributed by atoms with Crippen LogP contribution in [0.1, 0.15) is 77.9 Å². The minimum absolute atomic E-state index is 1.25. The van der Waals surface area contributed by atoms with Crippen molar-refractivity contribution < 1.29 is 0 Å². The van der Waals surface area contributed by atoms with E-state index in [4.69, 9.17) is 0 Å². The molecule has 1 N–H and O–H groups in total. The summed E-state index contributed by atoms with van der Waals surface area (Å²) in [6.07, 6.45) is 0. The Bertz CT molecular complexity index is 1200. The molecule has 3 aromatic carbocycles. The van der Waals surface area contributed by atoms with E-state index in [1.807, 2.05) is 7.05 Å². The lowest BCUT2D eigenvalue weighted by Gasteiger charge is -2.37. The van der Waals surface area contributed by atoms with Gasteiger partial charge in [-0.05, 0) is 175 Å². The second-order valence-electron chi connectivity index (χ2n) is 10.8. The average molecular weight is 471 g/mol. The molecule has 0 aliphatic carbocycles. The van der Waals surface area contributed by atoms with Crippen molar-refractivity contribution in [2.45, 2.75) is 96.9 Å². The van der Waals surface area contributed by atoms with Crippen LogP contribution in [0.4, 0.5) is 22.7 Å². The maximum absolute atomic E-state index is 3.47. The van der Waals surface area contributed by atoms with E-state index in [0.717, 1.165) is 0 Å². The number of rotatable bonds is 4.